The van der Waals surface area contributed by atoms with Crippen LogP contribution in [0.1, 0.15) is 32.6 Å². The van der Waals surface area contributed by atoms with E-state index >= 15 is 0 Å². The fraction of sp³-hybridized carbons (Fsp3) is 0.500. The molecule has 0 spiro atoms. The molecule has 0 amide bonds. The van der Waals surface area contributed by atoms with Gasteiger partial charge >= 0.3 is 0 Å². The van der Waals surface area contributed by atoms with Gasteiger partial charge in [0.05, 0.1) is 0 Å². The van der Waals surface area contributed by atoms with Crippen LogP contribution in [0.25, 0.3) is 4.85 Å². The molecule has 1 unspecified atom stereocenters. The number of nitrogens with zero attached hydrogens (tertiary/aromatic N) is 2. The Morgan fingerprint density at radius 1 is 1.50 bits per heavy atom. The van der Waals surface area contributed by atoms with Gasteiger partial charge in [-0.25, -0.2) is 0 Å². The summed E-state index contributed by atoms with van der Waals surface area (Å²) in [6.07, 6.45) is -0.680. The predicted octanol–water partition coefficient (Wildman–Crippen LogP) is 2.05. The Labute approximate surface area is 96.2 Å². The van der Waals surface area contributed by atoms with E-state index in [1.165, 1.54) is 0 Å². The van der Waals surface area contributed by atoms with Gasteiger partial charge in [-0.2, -0.15) is 0 Å². The fourth-order valence-electron chi connectivity index (χ4n) is 1.19. The molecule has 86 valence electrons. The van der Waals surface area contributed by atoms with Crippen molar-refractivity contribution >= 4 is 5.82 Å². The zero-order chi connectivity index (χ0) is 12.2. The third kappa shape index (κ3) is 3.97. The summed E-state index contributed by atoms with van der Waals surface area (Å²) in [5.41, 5.74) is 0.489. The van der Waals surface area contributed by atoms with Gasteiger partial charge in [-0.1, -0.05) is 12.6 Å². The second-order valence-electron chi connectivity index (χ2n) is 4.68. The van der Waals surface area contributed by atoms with Crippen LogP contribution >= 0.6 is 0 Å². The minimum absolute atomic E-state index is 0.0433. The van der Waals surface area contributed by atoms with Crippen molar-refractivity contribution in [3.63, 3.8) is 0 Å². The second kappa shape index (κ2) is 5.06. The number of nitrogens with one attached hydrogen (secondary N) is 1. The zero-order valence-corrected chi connectivity index (χ0v) is 9.86. The van der Waals surface area contributed by atoms with Crippen molar-refractivity contribution in [3.05, 3.63) is 35.3 Å². The molecule has 0 radical (unpaired) electrons. The van der Waals surface area contributed by atoms with E-state index in [1.807, 2.05) is 20.8 Å². The molecule has 0 fully saturated rings. The minimum atomic E-state index is -0.680. The summed E-state index contributed by atoms with van der Waals surface area (Å²) in [6, 6.07) is 5.08. The number of aliphatic hydroxyl groups excluding tert-OH is 1. The van der Waals surface area contributed by atoms with Gasteiger partial charge in [-0.05, 0) is 32.9 Å². The third-order valence-corrected chi connectivity index (χ3v) is 2.04. The monoisotopic (exact) mass is 219 g/mol. The Hall–Kier alpha value is -1.44. The maximum Gasteiger partial charge on any atom is 0.269 e. The molecule has 0 bridgehead atoms. The van der Waals surface area contributed by atoms with E-state index in [0.29, 0.717) is 18.1 Å². The van der Waals surface area contributed by atoms with E-state index in [2.05, 4.69) is 15.1 Å². The molecule has 0 saturated carbocycles. The Morgan fingerprint density at radius 2 is 2.19 bits per heavy atom. The Morgan fingerprint density at radius 3 is 2.75 bits per heavy atom. The van der Waals surface area contributed by atoms with Crippen LogP contribution in [0.2, 0.25) is 0 Å². The Balaban J connectivity index is 2.66. The standard InChI is InChI=1S/C12H17N3O/c1-12(2,3)14-8-10(16)9-6-5-7-11(13-4)15-9/h5-7,10,14,16H,8H2,1-3H3. The summed E-state index contributed by atoms with van der Waals surface area (Å²) in [6.45, 7) is 13.4. The lowest BCUT2D eigenvalue weighted by atomic mass is 10.1. The largest absolute Gasteiger partial charge is 0.383 e. The number of hydrogen-bond donors (Lipinski definition) is 2. The van der Waals surface area contributed by atoms with Crippen molar-refractivity contribution in [3.8, 4) is 0 Å². The second-order valence-corrected chi connectivity index (χ2v) is 4.68. The lowest BCUT2D eigenvalue weighted by Gasteiger charge is -2.21. The summed E-state index contributed by atoms with van der Waals surface area (Å²) < 4.78 is 0. The zero-order valence-electron chi connectivity index (χ0n) is 9.86. The number of hydrogen-bond acceptors (Lipinski definition) is 3. The van der Waals surface area contributed by atoms with Crippen LogP contribution in [0.5, 0.6) is 0 Å². The molecule has 0 aliphatic carbocycles. The minimum Gasteiger partial charge on any atom is -0.383 e. The van der Waals surface area contributed by atoms with Crippen LogP contribution in [0.15, 0.2) is 18.2 Å². The third-order valence-electron chi connectivity index (χ3n) is 2.04. The number of aromatic nitrogens is 1. The first-order valence-corrected chi connectivity index (χ1v) is 5.20. The lowest BCUT2D eigenvalue weighted by molar-refractivity contribution is 0.159. The average molecular weight is 219 g/mol. The van der Waals surface area contributed by atoms with Crippen molar-refractivity contribution in [1.29, 1.82) is 0 Å². The van der Waals surface area contributed by atoms with E-state index in [1.54, 1.807) is 18.2 Å². The van der Waals surface area contributed by atoms with Crippen LogP contribution in [-0.4, -0.2) is 22.2 Å². The molecule has 4 heteroatoms. The highest BCUT2D eigenvalue weighted by atomic mass is 16.3. The molecule has 0 aromatic carbocycles. The topological polar surface area (TPSA) is 49.5 Å². The number of pyridine rings is 1. The molecule has 0 aliphatic rings. The lowest BCUT2D eigenvalue weighted by Crippen LogP contribution is -2.38. The Kier molecular flexibility index (Phi) is 3.99. The molecule has 1 atom stereocenters. The summed E-state index contributed by atoms with van der Waals surface area (Å²) in [5.74, 6) is 0.312. The molecule has 0 saturated heterocycles. The van der Waals surface area contributed by atoms with Gasteiger partial charge in [0.15, 0.2) is 5.69 Å². The molecule has 0 aliphatic heterocycles. The molecule has 1 aromatic heterocycles. The van der Waals surface area contributed by atoms with Gasteiger partial charge in [-0.3, -0.25) is 0 Å². The van der Waals surface area contributed by atoms with E-state index in [4.69, 9.17) is 6.57 Å². The van der Waals surface area contributed by atoms with Crippen LogP contribution in [-0.2, 0) is 0 Å². The van der Waals surface area contributed by atoms with Gasteiger partial charge in [0.25, 0.3) is 5.82 Å². The van der Waals surface area contributed by atoms with Gasteiger partial charge in [-0.15, -0.1) is 4.98 Å². The smallest absolute Gasteiger partial charge is 0.269 e. The van der Waals surface area contributed by atoms with E-state index < -0.39 is 6.10 Å². The van der Waals surface area contributed by atoms with Crippen LogP contribution in [0.4, 0.5) is 5.82 Å². The predicted molar refractivity (Wildman–Crippen MR) is 63.2 cm³/mol. The molecular weight excluding hydrogens is 202 g/mol. The molecule has 1 aromatic rings. The quantitative estimate of drug-likeness (QED) is 0.765. The fourth-order valence-corrected chi connectivity index (χ4v) is 1.19. The van der Waals surface area contributed by atoms with E-state index in [0.717, 1.165) is 0 Å². The van der Waals surface area contributed by atoms with Crippen LogP contribution < -0.4 is 5.32 Å². The molecule has 2 N–H and O–H groups in total. The first-order valence-electron chi connectivity index (χ1n) is 5.20. The van der Waals surface area contributed by atoms with Gasteiger partial charge < -0.3 is 15.3 Å². The summed E-state index contributed by atoms with van der Waals surface area (Å²) in [4.78, 5) is 7.28. The molecule has 4 nitrogen and oxygen atoms in total. The van der Waals surface area contributed by atoms with Gasteiger partial charge in [0.2, 0.25) is 0 Å². The van der Waals surface area contributed by atoms with E-state index in [9.17, 15) is 5.11 Å². The van der Waals surface area contributed by atoms with E-state index in [-0.39, 0.29) is 5.54 Å². The van der Waals surface area contributed by atoms with Crippen molar-refractivity contribution in [1.82, 2.24) is 10.3 Å². The summed E-state index contributed by atoms with van der Waals surface area (Å²) >= 11 is 0. The first-order chi connectivity index (χ1) is 7.42. The average Bonchev–Trinajstić information content (AvgIpc) is 2.25. The number of rotatable bonds is 3. The van der Waals surface area contributed by atoms with Crippen molar-refractivity contribution < 1.29 is 5.11 Å². The molecule has 1 rings (SSSR count). The molecular formula is C12H17N3O. The first kappa shape index (κ1) is 12.6. The van der Waals surface area contributed by atoms with Crippen molar-refractivity contribution in [2.45, 2.75) is 32.4 Å². The number of β-amino-alcohol motifs (C(OH)–C–C–N with tert-alkyl or cyclic N) is 1. The highest BCUT2D eigenvalue weighted by molar-refractivity contribution is 5.36. The highest BCUT2D eigenvalue weighted by Gasteiger charge is 2.16. The number of aliphatic hydroxyl groups is 1. The van der Waals surface area contributed by atoms with Gasteiger partial charge in [0.1, 0.15) is 6.10 Å². The van der Waals surface area contributed by atoms with Gasteiger partial charge in [0, 0.05) is 12.1 Å². The SMILES string of the molecule is [C-]#[N+]c1cccc(C(O)CNC(C)(C)C)n1. The van der Waals surface area contributed by atoms with Crippen molar-refractivity contribution in [2.24, 2.45) is 0 Å². The maximum absolute atomic E-state index is 9.88. The van der Waals surface area contributed by atoms with Crippen LogP contribution in [0, 0.1) is 6.57 Å². The maximum atomic E-state index is 9.88. The summed E-state index contributed by atoms with van der Waals surface area (Å²) in [5, 5.41) is 13.1. The van der Waals surface area contributed by atoms with Crippen molar-refractivity contribution in [2.75, 3.05) is 6.54 Å². The molecule has 1 heterocycles. The summed E-state index contributed by atoms with van der Waals surface area (Å²) in [7, 11) is 0. The molecule has 16 heavy (non-hydrogen) atoms. The Bertz CT molecular complexity index is 390. The van der Waals surface area contributed by atoms with Crippen LogP contribution in [0.3, 0.4) is 0 Å². The highest BCUT2D eigenvalue weighted by Crippen LogP contribution is 2.15. The normalized spacial score (nSPS) is 13.2.